The summed E-state index contributed by atoms with van der Waals surface area (Å²) in [4.78, 5) is 0. The van der Waals surface area contributed by atoms with Crippen molar-refractivity contribution in [3.05, 3.63) is 96.3 Å². The molecule has 2 aromatic heterocycles. The van der Waals surface area contributed by atoms with Crippen LogP contribution in [0.1, 0.15) is 24.1 Å². The van der Waals surface area contributed by atoms with Crippen molar-refractivity contribution in [2.75, 3.05) is 0 Å². The molecule has 0 radical (unpaired) electrons. The van der Waals surface area contributed by atoms with Crippen LogP contribution in [-0.4, -0.2) is 0 Å². The highest BCUT2D eigenvalue weighted by atomic mass is 15.0. The van der Waals surface area contributed by atoms with Crippen molar-refractivity contribution in [3.8, 4) is 33.6 Å². The number of pyridine rings is 2. The Balaban J connectivity index is 1.44. The van der Waals surface area contributed by atoms with Gasteiger partial charge in [0, 0.05) is 42.3 Å². The second kappa shape index (κ2) is 5.37. The van der Waals surface area contributed by atoms with Gasteiger partial charge in [-0.15, -0.1) is 0 Å². The standard InChI is InChI=1S/C25H20N2/c1-17-23-15-19(9-11-22(23)25-7-3-5-13-27(17)25)18-8-10-21-20(14-18)16-26-12-4-2-6-24(21)26/h2-15,17H,16H2,1H3/q+2. The highest BCUT2D eigenvalue weighted by Crippen LogP contribution is 2.37. The first-order chi connectivity index (χ1) is 13.3. The molecule has 2 aliphatic rings. The number of rotatable bonds is 1. The van der Waals surface area contributed by atoms with Crippen LogP contribution < -0.4 is 9.13 Å². The van der Waals surface area contributed by atoms with Crippen LogP contribution in [0.25, 0.3) is 33.6 Å². The van der Waals surface area contributed by atoms with Gasteiger partial charge in [0.2, 0.25) is 11.4 Å². The zero-order chi connectivity index (χ0) is 18.0. The van der Waals surface area contributed by atoms with Gasteiger partial charge < -0.3 is 0 Å². The summed E-state index contributed by atoms with van der Waals surface area (Å²) in [7, 11) is 0. The lowest BCUT2D eigenvalue weighted by Gasteiger charge is -2.06. The molecule has 4 heterocycles. The maximum Gasteiger partial charge on any atom is 0.213 e. The maximum absolute atomic E-state index is 2.38. The van der Waals surface area contributed by atoms with Crippen molar-refractivity contribution in [3.63, 3.8) is 0 Å². The van der Waals surface area contributed by atoms with E-state index in [-0.39, 0.29) is 0 Å². The van der Waals surface area contributed by atoms with E-state index in [1.807, 2.05) is 0 Å². The lowest BCUT2D eigenvalue weighted by Crippen LogP contribution is -2.35. The molecule has 4 aromatic rings. The minimum absolute atomic E-state index is 0.380. The van der Waals surface area contributed by atoms with Gasteiger partial charge in [0.15, 0.2) is 25.0 Å². The number of benzene rings is 2. The van der Waals surface area contributed by atoms with Crippen molar-refractivity contribution < 1.29 is 9.13 Å². The predicted molar refractivity (Wildman–Crippen MR) is 106 cm³/mol. The third-order valence-electron chi connectivity index (χ3n) is 6.08. The van der Waals surface area contributed by atoms with Crippen LogP contribution in [0.2, 0.25) is 0 Å². The molecular weight excluding hydrogens is 328 g/mol. The molecule has 1 unspecified atom stereocenters. The summed E-state index contributed by atoms with van der Waals surface area (Å²) in [5, 5.41) is 0. The fourth-order valence-corrected chi connectivity index (χ4v) is 4.69. The molecule has 2 nitrogen and oxygen atoms in total. The molecule has 0 fully saturated rings. The van der Waals surface area contributed by atoms with Crippen molar-refractivity contribution in [2.24, 2.45) is 0 Å². The van der Waals surface area contributed by atoms with Gasteiger partial charge in [-0.1, -0.05) is 12.1 Å². The molecule has 1 atom stereocenters. The highest BCUT2D eigenvalue weighted by Gasteiger charge is 2.33. The van der Waals surface area contributed by atoms with Crippen LogP contribution in [0.5, 0.6) is 0 Å². The fourth-order valence-electron chi connectivity index (χ4n) is 4.69. The fraction of sp³-hybridized carbons (Fsp3) is 0.120. The lowest BCUT2D eigenvalue weighted by molar-refractivity contribution is -0.694. The molecule has 0 aliphatic carbocycles. The van der Waals surface area contributed by atoms with E-state index in [1.54, 1.807) is 0 Å². The van der Waals surface area contributed by atoms with Gasteiger partial charge in [-0.3, -0.25) is 0 Å². The first-order valence-corrected chi connectivity index (χ1v) is 9.56. The average Bonchev–Trinajstić information content (AvgIpc) is 3.23. The third kappa shape index (κ3) is 2.07. The van der Waals surface area contributed by atoms with Gasteiger partial charge in [0.1, 0.15) is 0 Å². The van der Waals surface area contributed by atoms with Crippen molar-refractivity contribution in [1.29, 1.82) is 0 Å². The Bertz CT molecular complexity index is 1220. The molecule has 128 valence electrons. The largest absolute Gasteiger partial charge is 0.213 e. The number of hydrogen-bond acceptors (Lipinski definition) is 0. The molecule has 0 saturated carbocycles. The van der Waals surface area contributed by atoms with Crippen LogP contribution in [-0.2, 0) is 6.54 Å². The highest BCUT2D eigenvalue weighted by molar-refractivity contribution is 5.76. The Morgan fingerprint density at radius 1 is 0.741 bits per heavy atom. The van der Waals surface area contributed by atoms with E-state index in [0.717, 1.165) is 6.54 Å². The van der Waals surface area contributed by atoms with Gasteiger partial charge in [0.25, 0.3) is 0 Å². The molecular formula is C25H20N2+2. The first kappa shape index (κ1) is 14.9. The van der Waals surface area contributed by atoms with Crippen molar-refractivity contribution >= 4 is 0 Å². The molecule has 0 spiro atoms. The molecule has 27 heavy (non-hydrogen) atoms. The van der Waals surface area contributed by atoms with Crippen LogP contribution in [0, 0.1) is 0 Å². The Kier molecular flexibility index (Phi) is 2.96. The Hall–Kier alpha value is -3.26. The monoisotopic (exact) mass is 348 g/mol. The average molecular weight is 348 g/mol. The van der Waals surface area contributed by atoms with E-state index in [2.05, 4.69) is 101 Å². The third-order valence-corrected chi connectivity index (χ3v) is 6.08. The number of nitrogens with zero attached hydrogens (tertiary/aromatic N) is 2. The summed E-state index contributed by atoms with van der Waals surface area (Å²) in [6, 6.07) is 27.1. The molecule has 0 N–H and O–H groups in total. The molecule has 2 aliphatic heterocycles. The number of fused-ring (bicyclic) bond motifs is 6. The minimum atomic E-state index is 0.380. The Morgan fingerprint density at radius 2 is 1.48 bits per heavy atom. The first-order valence-electron chi connectivity index (χ1n) is 9.56. The number of aromatic nitrogens is 2. The molecule has 0 amide bonds. The molecule has 0 bridgehead atoms. The lowest BCUT2D eigenvalue weighted by atomic mass is 9.94. The zero-order valence-electron chi connectivity index (χ0n) is 15.3. The van der Waals surface area contributed by atoms with E-state index in [0.29, 0.717) is 6.04 Å². The summed E-state index contributed by atoms with van der Waals surface area (Å²) >= 11 is 0. The SMILES string of the molecule is CC1c2cc(-c3ccc4c(c3)C[n+]3ccccc3-4)ccc2-c2cccc[n+]21. The second-order valence-corrected chi connectivity index (χ2v) is 7.56. The van der Waals surface area contributed by atoms with E-state index in [1.165, 1.54) is 44.8 Å². The topological polar surface area (TPSA) is 7.76 Å². The van der Waals surface area contributed by atoms with Gasteiger partial charge in [-0.25, -0.2) is 0 Å². The van der Waals surface area contributed by atoms with Gasteiger partial charge >= 0.3 is 0 Å². The van der Waals surface area contributed by atoms with E-state index >= 15 is 0 Å². The quantitative estimate of drug-likeness (QED) is 0.393. The second-order valence-electron chi connectivity index (χ2n) is 7.56. The molecule has 2 heteroatoms. The van der Waals surface area contributed by atoms with Crippen LogP contribution in [0.3, 0.4) is 0 Å². The molecule has 6 rings (SSSR count). The summed E-state index contributed by atoms with van der Waals surface area (Å²) in [5.74, 6) is 0. The normalized spacial score (nSPS) is 15.8. The van der Waals surface area contributed by atoms with Crippen molar-refractivity contribution in [1.82, 2.24) is 0 Å². The smallest absolute Gasteiger partial charge is 0.194 e. The van der Waals surface area contributed by atoms with Gasteiger partial charge in [-0.2, -0.15) is 9.13 Å². The molecule has 2 aromatic carbocycles. The van der Waals surface area contributed by atoms with E-state index in [4.69, 9.17) is 0 Å². The predicted octanol–water partition coefficient (Wildman–Crippen LogP) is 4.55. The number of hydrogen-bond donors (Lipinski definition) is 0. The van der Waals surface area contributed by atoms with Crippen LogP contribution in [0.15, 0.2) is 85.2 Å². The summed E-state index contributed by atoms with van der Waals surface area (Å²) in [6.07, 6.45) is 4.35. The minimum Gasteiger partial charge on any atom is -0.194 e. The Morgan fingerprint density at radius 3 is 2.37 bits per heavy atom. The summed E-state index contributed by atoms with van der Waals surface area (Å²) in [6.45, 7) is 3.25. The van der Waals surface area contributed by atoms with Gasteiger partial charge in [-0.05, 0) is 47.5 Å². The van der Waals surface area contributed by atoms with E-state index < -0.39 is 0 Å². The van der Waals surface area contributed by atoms with E-state index in [9.17, 15) is 0 Å². The van der Waals surface area contributed by atoms with Crippen molar-refractivity contribution in [2.45, 2.75) is 19.5 Å². The van der Waals surface area contributed by atoms with Crippen LogP contribution in [0.4, 0.5) is 0 Å². The zero-order valence-corrected chi connectivity index (χ0v) is 15.3. The molecule has 0 saturated heterocycles. The summed E-state index contributed by atoms with van der Waals surface area (Å²) in [5.41, 5.74) is 10.8. The van der Waals surface area contributed by atoms with Crippen LogP contribution >= 0.6 is 0 Å². The Labute approximate surface area is 159 Å². The maximum atomic E-state index is 2.38. The van der Waals surface area contributed by atoms with Gasteiger partial charge in [0.05, 0.1) is 11.1 Å². The summed E-state index contributed by atoms with van der Waals surface area (Å²) < 4.78 is 4.69.